The van der Waals surface area contributed by atoms with Crippen LogP contribution in [0.3, 0.4) is 0 Å². The van der Waals surface area contributed by atoms with Crippen LogP contribution in [0.4, 0.5) is 0 Å². The van der Waals surface area contributed by atoms with Crippen molar-refractivity contribution in [2.75, 3.05) is 0 Å². The van der Waals surface area contributed by atoms with Crippen LogP contribution in [-0.4, -0.2) is 18.3 Å². The summed E-state index contributed by atoms with van der Waals surface area (Å²) in [6, 6.07) is 0. The molecule has 1 aliphatic heterocycles. The number of rotatable bonds is 6. The Balaban J connectivity index is 2.79. The molecule has 0 atom stereocenters. The second-order valence-corrected chi connectivity index (χ2v) is 8.35. The molecule has 0 spiro atoms. The molecular formula is C18H35BO2. The van der Waals surface area contributed by atoms with Crippen LogP contribution in [0.5, 0.6) is 0 Å². The molecule has 1 fully saturated rings. The number of hydrogen-bond acceptors (Lipinski definition) is 2. The minimum Gasteiger partial charge on any atom is -0.400 e. The maximum Gasteiger partial charge on any atom is 0.490 e. The molecule has 0 saturated carbocycles. The monoisotopic (exact) mass is 294 g/mol. The molecule has 1 aliphatic rings. The molecule has 0 aromatic rings. The summed E-state index contributed by atoms with van der Waals surface area (Å²) in [6.07, 6.45) is 8.66. The first-order chi connectivity index (χ1) is 9.51. The van der Waals surface area contributed by atoms with Crippen molar-refractivity contribution in [3.05, 3.63) is 11.5 Å². The van der Waals surface area contributed by atoms with E-state index in [0.29, 0.717) is 0 Å². The summed E-state index contributed by atoms with van der Waals surface area (Å²) in [4.78, 5) is 0. The van der Waals surface area contributed by atoms with Crippen LogP contribution in [0.2, 0.25) is 0 Å². The SMILES string of the molecule is CCCCCC/C=C(/B1OC(C)(C)C(C)(C)O1)C(C)(C)C. The molecule has 1 heterocycles. The van der Waals surface area contributed by atoms with E-state index in [0.717, 1.165) is 6.42 Å². The van der Waals surface area contributed by atoms with E-state index in [1.807, 2.05) is 0 Å². The van der Waals surface area contributed by atoms with Crippen molar-refractivity contribution in [3.8, 4) is 0 Å². The van der Waals surface area contributed by atoms with E-state index in [9.17, 15) is 0 Å². The van der Waals surface area contributed by atoms with Gasteiger partial charge >= 0.3 is 7.12 Å². The summed E-state index contributed by atoms with van der Waals surface area (Å²) < 4.78 is 12.5. The Morgan fingerprint density at radius 2 is 1.48 bits per heavy atom. The minimum atomic E-state index is -0.260. The lowest BCUT2D eigenvalue weighted by atomic mass is 9.64. The van der Waals surface area contributed by atoms with Crippen LogP contribution in [0, 0.1) is 5.41 Å². The normalized spacial score (nSPS) is 21.9. The fourth-order valence-electron chi connectivity index (χ4n) is 2.55. The van der Waals surface area contributed by atoms with Gasteiger partial charge in [-0.15, -0.1) is 0 Å². The highest BCUT2D eigenvalue weighted by atomic mass is 16.7. The first kappa shape index (κ1) is 18.8. The van der Waals surface area contributed by atoms with Gasteiger partial charge in [0.25, 0.3) is 0 Å². The molecule has 2 nitrogen and oxygen atoms in total. The average molecular weight is 294 g/mol. The molecule has 3 heteroatoms. The Labute approximate surface area is 132 Å². The maximum absolute atomic E-state index is 6.24. The summed E-state index contributed by atoms with van der Waals surface area (Å²) in [5.41, 5.74) is 0.845. The van der Waals surface area contributed by atoms with Gasteiger partial charge in [0.15, 0.2) is 0 Å². The average Bonchev–Trinajstić information content (AvgIpc) is 2.50. The summed E-state index contributed by atoms with van der Waals surface area (Å²) in [6.45, 7) is 17.5. The lowest BCUT2D eigenvalue weighted by Crippen LogP contribution is -2.41. The third-order valence-corrected chi connectivity index (χ3v) is 4.80. The second kappa shape index (κ2) is 6.87. The molecule has 0 amide bonds. The summed E-state index contributed by atoms with van der Waals surface area (Å²) in [7, 11) is -0.207. The van der Waals surface area contributed by atoms with Gasteiger partial charge in [-0.05, 0) is 51.4 Å². The van der Waals surface area contributed by atoms with Crippen LogP contribution in [0.25, 0.3) is 0 Å². The lowest BCUT2D eigenvalue weighted by molar-refractivity contribution is 0.00578. The van der Waals surface area contributed by atoms with Gasteiger partial charge in [-0.2, -0.15) is 0 Å². The Hall–Kier alpha value is -0.275. The Bertz CT molecular complexity index is 348. The highest BCUT2D eigenvalue weighted by Crippen LogP contribution is 2.42. The quantitative estimate of drug-likeness (QED) is 0.471. The Kier molecular flexibility index (Phi) is 6.14. The topological polar surface area (TPSA) is 18.5 Å². The van der Waals surface area contributed by atoms with Crippen LogP contribution in [-0.2, 0) is 9.31 Å². The second-order valence-electron chi connectivity index (χ2n) is 8.35. The first-order valence-electron chi connectivity index (χ1n) is 8.57. The highest BCUT2D eigenvalue weighted by Gasteiger charge is 2.53. The Morgan fingerprint density at radius 3 is 1.90 bits per heavy atom. The minimum absolute atomic E-state index is 0.0753. The molecule has 0 N–H and O–H groups in total. The molecule has 0 aromatic heterocycles. The zero-order valence-electron chi connectivity index (χ0n) is 15.5. The zero-order valence-corrected chi connectivity index (χ0v) is 15.5. The van der Waals surface area contributed by atoms with Gasteiger partial charge in [-0.25, -0.2) is 0 Å². The van der Waals surface area contributed by atoms with Crippen molar-refractivity contribution in [3.63, 3.8) is 0 Å². The van der Waals surface area contributed by atoms with Gasteiger partial charge in [-0.3, -0.25) is 0 Å². The molecule has 0 bridgehead atoms. The maximum atomic E-state index is 6.24. The molecule has 0 unspecified atom stereocenters. The van der Waals surface area contributed by atoms with Gasteiger partial charge in [0.1, 0.15) is 0 Å². The zero-order chi connectivity index (χ0) is 16.3. The molecule has 0 aromatic carbocycles. The molecule has 122 valence electrons. The number of allylic oxidation sites excluding steroid dienone is 2. The number of unbranched alkanes of at least 4 members (excludes halogenated alkanes) is 4. The van der Waals surface area contributed by atoms with Crippen LogP contribution in [0.1, 0.15) is 87.5 Å². The van der Waals surface area contributed by atoms with Gasteiger partial charge in [0.05, 0.1) is 11.2 Å². The number of hydrogen-bond donors (Lipinski definition) is 0. The van der Waals surface area contributed by atoms with Crippen LogP contribution in [0.15, 0.2) is 11.5 Å². The van der Waals surface area contributed by atoms with Crippen LogP contribution < -0.4 is 0 Å². The van der Waals surface area contributed by atoms with Crippen molar-refractivity contribution in [2.45, 2.75) is 98.7 Å². The lowest BCUT2D eigenvalue weighted by Gasteiger charge is -2.32. The van der Waals surface area contributed by atoms with Crippen molar-refractivity contribution in [1.82, 2.24) is 0 Å². The summed E-state index contributed by atoms with van der Waals surface area (Å²) in [5.74, 6) is 0. The van der Waals surface area contributed by atoms with E-state index >= 15 is 0 Å². The van der Waals surface area contributed by atoms with Crippen molar-refractivity contribution in [1.29, 1.82) is 0 Å². The standard InChI is InChI=1S/C18H35BO2/c1-9-10-11-12-13-14-15(16(2,3)4)19-20-17(5,6)18(7,8)21-19/h14H,9-13H2,1-8H3/b15-14+. The van der Waals surface area contributed by atoms with Gasteiger partial charge in [0, 0.05) is 0 Å². The summed E-state index contributed by atoms with van der Waals surface area (Å²) >= 11 is 0. The van der Waals surface area contributed by atoms with E-state index in [1.165, 1.54) is 31.2 Å². The van der Waals surface area contributed by atoms with Crippen LogP contribution >= 0.6 is 0 Å². The smallest absolute Gasteiger partial charge is 0.400 e. The van der Waals surface area contributed by atoms with Gasteiger partial charge < -0.3 is 9.31 Å². The molecule has 0 radical (unpaired) electrons. The molecular weight excluding hydrogens is 259 g/mol. The molecule has 1 rings (SSSR count). The summed E-state index contributed by atoms with van der Waals surface area (Å²) in [5, 5.41) is 0. The van der Waals surface area contributed by atoms with Gasteiger partial charge in [-0.1, -0.05) is 53.0 Å². The molecule has 1 saturated heterocycles. The van der Waals surface area contributed by atoms with Crippen molar-refractivity contribution < 1.29 is 9.31 Å². The van der Waals surface area contributed by atoms with E-state index in [-0.39, 0.29) is 23.7 Å². The molecule has 0 aliphatic carbocycles. The Morgan fingerprint density at radius 1 is 0.952 bits per heavy atom. The fourth-order valence-corrected chi connectivity index (χ4v) is 2.55. The van der Waals surface area contributed by atoms with E-state index in [4.69, 9.17) is 9.31 Å². The third kappa shape index (κ3) is 4.86. The largest absolute Gasteiger partial charge is 0.490 e. The van der Waals surface area contributed by atoms with Crippen molar-refractivity contribution in [2.24, 2.45) is 5.41 Å². The van der Waals surface area contributed by atoms with E-state index < -0.39 is 0 Å². The van der Waals surface area contributed by atoms with Crippen molar-refractivity contribution >= 4 is 7.12 Å². The first-order valence-corrected chi connectivity index (χ1v) is 8.57. The van der Waals surface area contributed by atoms with Gasteiger partial charge in [0.2, 0.25) is 0 Å². The van der Waals surface area contributed by atoms with E-state index in [1.54, 1.807) is 0 Å². The third-order valence-electron chi connectivity index (χ3n) is 4.80. The predicted octanol–water partition coefficient (Wildman–Crippen LogP) is 5.56. The predicted molar refractivity (Wildman–Crippen MR) is 92.4 cm³/mol. The van der Waals surface area contributed by atoms with E-state index in [2.05, 4.69) is 61.5 Å². The fraction of sp³-hybridized carbons (Fsp3) is 0.889. The molecule has 21 heavy (non-hydrogen) atoms. The highest BCUT2D eigenvalue weighted by molar-refractivity contribution is 6.55.